The maximum atomic E-state index is 11.2. The highest BCUT2D eigenvalue weighted by atomic mass is 16.5. The van der Waals surface area contributed by atoms with Crippen molar-refractivity contribution in [3.8, 4) is 23.1 Å². The molecule has 0 amide bonds. The maximum absolute atomic E-state index is 11.2. The van der Waals surface area contributed by atoms with Gasteiger partial charge in [0.15, 0.2) is 5.82 Å². The van der Waals surface area contributed by atoms with E-state index in [1.807, 2.05) is 0 Å². The van der Waals surface area contributed by atoms with Crippen molar-refractivity contribution >= 4 is 5.97 Å². The molecule has 0 spiro atoms. The van der Waals surface area contributed by atoms with Crippen molar-refractivity contribution in [3.05, 3.63) is 42.5 Å². The fourth-order valence-corrected chi connectivity index (χ4v) is 1.90. The van der Waals surface area contributed by atoms with E-state index in [-0.39, 0.29) is 5.56 Å². The number of aromatic amines is 1. The fourth-order valence-electron chi connectivity index (χ4n) is 1.90. The molecule has 0 unspecified atom stereocenters. The van der Waals surface area contributed by atoms with Crippen LogP contribution in [0.25, 0.3) is 17.3 Å². The van der Waals surface area contributed by atoms with Crippen LogP contribution < -0.4 is 4.74 Å². The van der Waals surface area contributed by atoms with Gasteiger partial charge in [-0.25, -0.2) is 9.78 Å². The molecule has 0 bridgehead atoms. The van der Waals surface area contributed by atoms with E-state index in [9.17, 15) is 9.90 Å². The number of nitrogens with one attached hydrogen (secondary N) is 1. The first-order valence-corrected chi connectivity index (χ1v) is 6.01. The molecule has 3 rings (SSSR count). The molecule has 0 saturated heterocycles. The second-order valence-corrected chi connectivity index (χ2v) is 4.17. The van der Waals surface area contributed by atoms with E-state index >= 15 is 0 Å². The summed E-state index contributed by atoms with van der Waals surface area (Å²) in [6.07, 6.45) is 4.90. The summed E-state index contributed by atoms with van der Waals surface area (Å²) in [5.41, 5.74) is 0.669. The van der Waals surface area contributed by atoms with Crippen molar-refractivity contribution in [3.63, 3.8) is 0 Å². The van der Waals surface area contributed by atoms with Gasteiger partial charge in [-0.2, -0.15) is 4.98 Å². The summed E-state index contributed by atoms with van der Waals surface area (Å²) in [5, 5.41) is 16.0. The van der Waals surface area contributed by atoms with Crippen molar-refractivity contribution in [1.29, 1.82) is 0 Å². The largest absolute Gasteiger partial charge is 0.496 e. The Morgan fingerprint density at radius 3 is 2.95 bits per heavy atom. The lowest BCUT2D eigenvalue weighted by Gasteiger charge is -2.05. The van der Waals surface area contributed by atoms with Crippen LogP contribution in [0.4, 0.5) is 0 Å². The predicted octanol–water partition coefficient (Wildman–Crippen LogP) is 1.36. The van der Waals surface area contributed by atoms with E-state index in [0.29, 0.717) is 23.1 Å². The van der Waals surface area contributed by atoms with Crippen molar-refractivity contribution in [2.45, 2.75) is 0 Å². The molecule has 0 aliphatic rings. The molecule has 2 N–H and O–H groups in total. The van der Waals surface area contributed by atoms with Gasteiger partial charge in [-0.1, -0.05) is 0 Å². The van der Waals surface area contributed by atoms with Crippen LogP contribution in [0.5, 0.6) is 5.75 Å². The Morgan fingerprint density at radius 1 is 1.43 bits per heavy atom. The Hall–Kier alpha value is -3.16. The third-order valence-corrected chi connectivity index (χ3v) is 2.91. The first kappa shape index (κ1) is 12.9. The van der Waals surface area contributed by atoms with Gasteiger partial charge in [0, 0.05) is 18.0 Å². The Balaban J connectivity index is 2.01. The molecule has 2 heterocycles. The van der Waals surface area contributed by atoms with Crippen LogP contribution in [-0.4, -0.2) is 42.9 Å². The Morgan fingerprint density at radius 2 is 2.29 bits per heavy atom. The number of ether oxygens (including phenoxy) is 1. The zero-order valence-electron chi connectivity index (χ0n) is 11.0. The molecule has 0 fully saturated rings. The second kappa shape index (κ2) is 5.08. The van der Waals surface area contributed by atoms with E-state index in [0.717, 1.165) is 0 Å². The SMILES string of the molecule is COc1ccc(-c2nc(-n3ccnc3)n[nH]2)cc1C(=O)O. The van der Waals surface area contributed by atoms with E-state index in [2.05, 4.69) is 20.2 Å². The second-order valence-electron chi connectivity index (χ2n) is 4.17. The third-order valence-electron chi connectivity index (χ3n) is 2.91. The van der Waals surface area contributed by atoms with Crippen LogP contribution >= 0.6 is 0 Å². The van der Waals surface area contributed by atoms with Crippen LogP contribution in [0, 0.1) is 0 Å². The smallest absolute Gasteiger partial charge is 0.339 e. The molecule has 3 aromatic rings. The number of carbonyl (C=O) groups is 1. The van der Waals surface area contributed by atoms with Gasteiger partial charge in [0.1, 0.15) is 17.6 Å². The van der Waals surface area contributed by atoms with E-state index in [1.165, 1.54) is 13.2 Å². The van der Waals surface area contributed by atoms with Crippen LogP contribution in [-0.2, 0) is 0 Å². The van der Waals surface area contributed by atoms with Gasteiger partial charge in [0.05, 0.1) is 7.11 Å². The molecule has 0 atom stereocenters. The fraction of sp³-hybridized carbons (Fsp3) is 0.0769. The highest BCUT2D eigenvalue weighted by molar-refractivity contribution is 5.92. The average molecular weight is 285 g/mol. The van der Waals surface area contributed by atoms with Gasteiger partial charge in [-0.15, -0.1) is 5.10 Å². The number of aromatic carboxylic acids is 1. The Kier molecular flexibility index (Phi) is 3.11. The molecule has 1 aromatic carbocycles. The zero-order valence-corrected chi connectivity index (χ0v) is 11.0. The molecular weight excluding hydrogens is 274 g/mol. The number of methoxy groups -OCH3 is 1. The average Bonchev–Trinajstić information content (AvgIpc) is 3.17. The van der Waals surface area contributed by atoms with Crippen molar-refractivity contribution in [2.75, 3.05) is 7.11 Å². The highest BCUT2D eigenvalue weighted by Crippen LogP contribution is 2.25. The Bertz CT molecular complexity index is 779. The van der Waals surface area contributed by atoms with Crippen molar-refractivity contribution in [2.24, 2.45) is 0 Å². The number of carboxylic acid groups (broad SMARTS) is 1. The molecule has 0 aliphatic carbocycles. The minimum absolute atomic E-state index is 0.0654. The lowest BCUT2D eigenvalue weighted by Crippen LogP contribution is -2.01. The number of H-pyrrole nitrogens is 1. The standard InChI is InChI=1S/C13H11N5O3/c1-21-10-3-2-8(6-9(10)12(19)20)11-15-13(17-16-11)18-5-4-14-7-18/h2-7H,1H3,(H,19,20)(H,15,16,17). The first-order valence-electron chi connectivity index (χ1n) is 6.01. The molecule has 8 nitrogen and oxygen atoms in total. The number of hydrogen-bond donors (Lipinski definition) is 2. The number of benzene rings is 1. The molecule has 106 valence electrons. The van der Waals surface area contributed by atoms with Gasteiger partial charge >= 0.3 is 5.97 Å². The highest BCUT2D eigenvalue weighted by Gasteiger charge is 2.14. The minimum atomic E-state index is -1.07. The quantitative estimate of drug-likeness (QED) is 0.749. The van der Waals surface area contributed by atoms with Gasteiger partial charge in [0.25, 0.3) is 5.95 Å². The number of imidazole rings is 1. The minimum Gasteiger partial charge on any atom is -0.496 e. The van der Waals surface area contributed by atoms with Crippen molar-refractivity contribution in [1.82, 2.24) is 24.7 Å². The molecule has 2 aromatic heterocycles. The maximum Gasteiger partial charge on any atom is 0.339 e. The summed E-state index contributed by atoms with van der Waals surface area (Å²) in [7, 11) is 1.42. The molecular formula is C13H11N5O3. The third kappa shape index (κ3) is 2.34. The van der Waals surface area contributed by atoms with Gasteiger partial charge in [-0.05, 0) is 18.2 Å². The van der Waals surface area contributed by atoms with Gasteiger partial charge in [0.2, 0.25) is 0 Å². The van der Waals surface area contributed by atoms with Gasteiger partial charge in [-0.3, -0.25) is 9.67 Å². The number of carboxylic acids is 1. The van der Waals surface area contributed by atoms with E-state index in [1.54, 1.807) is 35.4 Å². The van der Waals surface area contributed by atoms with Crippen molar-refractivity contribution < 1.29 is 14.6 Å². The summed E-state index contributed by atoms with van der Waals surface area (Å²) in [6.45, 7) is 0. The van der Waals surface area contributed by atoms with Crippen LogP contribution in [0.2, 0.25) is 0 Å². The number of nitrogens with zero attached hydrogens (tertiary/aromatic N) is 4. The summed E-state index contributed by atoms with van der Waals surface area (Å²) in [4.78, 5) is 19.4. The van der Waals surface area contributed by atoms with Crippen LogP contribution in [0.1, 0.15) is 10.4 Å². The molecule has 0 radical (unpaired) electrons. The molecule has 0 saturated carbocycles. The molecule has 21 heavy (non-hydrogen) atoms. The summed E-state index contributed by atoms with van der Waals surface area (Å²) >= 11 is 0. The first-order chi connectivity index (χ1) is 10.2. The number of aromatic nitrogens is 5. The number of rotatable bonds is 4. The lowest BCUT2D eigenvalue weighted by molar-refractivity contribution is 0.0693. The Labute approximate surface area is 119 Å². The summed E-state index contributed by atoms with van der Waals surface area (Å²) in [6, 6.07) is 4.78. The molecule has 8 heteroatoms. The van der Waals surface area contributed by atoms with Gasteiger partial charge < -0.3 is 9.84 Å². The lowest BCUT2D eigenvalue weighted by atomic mass is 10.1. The van der Waals surface area contributed by atoms with Crippen LogP contribution in [0.3, 0.4) is 0 Å². The van der Waals surface area contributed by atoms with Crippen LogP contribution in [0.15, 0.2) is 36.9 Å². The summed E-state index contributed by atoms with van der Waals surface area (Å²) in [5.74, 6) is 0.114. The number of hydrogen-bond acceptors (Lipinski definition) is 5. The predicted molar refractivity (Wildman–Crippen MR) is 72.5 cm³/mol. The van der Waals surface area contributed by atoms with E-state index in [4.69, 9.17) is 4.74 Å². The molecule has 0 aliphatic heterocycles. The zero-order chi connectivity index (χ0) is 14.8. The van der Waals surface area contributed by atoms with E-state index < -0.39 is 5.97 Å². The topological polar surface area (TPSA) is 106 Å². The monoisotopic (exact) mass is 285 g/mol. The summed E-state index contributed by atoms with van der Waals surface area (Å²) < 4.78 is 6.66. The normalized spacial score (nSPS) is 10.5.